The van der Waals surface area contributed by atoms with E-state index in [9.17, 15) is 9.90 Å². The summed E-state index contributed by atoms with van der Waals surface area (Å²) in [4.78, 5) is 12.2. The van der Waals surface area contributed by atoms with Crippen molar-refractivity contribution in [2.75, 3.05) is 19.8 Å². The standard InChI is InChI=1S/C49H86O4/c1-3-5-7-9-11-13-15-17-19-21-23-25-26-28-30-32-34-36-38-40-42-44-49(51)53-48(46-50)47-52-45-43-41-39-37-35-33-31-29-27-24-22-20-18-16-14-12-10-8-6-4-2/h5,7,11,13,17-20,23,25,28,30,48,50H,3-4,6,8-10,12,14-16,21-22,24,26-27,29,31-47H2,1-2H3/b7-5-,13-11-,19-17-,20-18-,25-23-,30-28-. The van der Waals surface area contributed by atoms with Gasteiger partial charge in [0.2, 0.25) is 0 Å². The van der Waals surface area contributed by atoms with Crippen molar-refractivity contribution in [1.29, 1.82) is 0 Å². The molecule has 0 aliphatic carbocycles. The van der Waals surface area contributed by atoms with E-state index in [1.54, 1.807) is 0 Å². The Morgan fingerprint density at radius 1 is 0.472 bits per heavy atom. The van der Waals surface area contributed by atoms with Gasteiger partial charge >= 0.3 is 5.97 Å². The summed E-state index contributed by atoms with van der Waals surface area (Å²) in [5.41, 5.74) is 0. The van der Waals surface area contributed by atoms with Crippen molar-refractivity contribution in [2.24, 2.45) is 0 Å². The van der Waals surface area contributed by atoms with Crippen LogP contribution in [-0.2, 0) is 14.3 Å². The highest BCUT2D eigenvalue weighted by Crippen LogP contribution is 2.13. The highest BCUT2D eigenvalue weighted by molar-refractivity contribution is 5.69. The van der Waals surface area contributed by atoms with E-state index in [0.29, 0.717) is 13.0 Å². The summed E-state index contributed by atoms with van der Waals surface area (Å²) in [5.74, 6) is -0.220. The van der Waals surface area contributed by atoms with E-state index in [0.717, 1.165) is 64.2 Å². The van der Waals surface area contributed by atoms with Crippen LogP contribution in [0.2, 0.25) is 0 Å². The predicted molar refractivity (Wildman–Crippen MR) is 232 cm³/mol. The molecule has 0 aliphatic heterocycles. The van der Waals surface area contributed by atoms with Gasteiger partial charge in [-0.25, -0.2) is 0 Å². The second kappa shape index (κ2) is 46.0. The number of ether oxygens (including phenoxy) is 2. The zero-order valence-corrected chi connectivity index (χ0v) is 35.0. The fourth-order valence-electron chi connectivity index (χ4n) is 6.17. The van der Waals surface area contributed by atoms with E-state index in [-0.39, 0.29) is 19.2 Å². The Hall–Kier alpha value is -2.17. The Balaban J connectivity index is 3.49. The highest BCUT2D eigenvalue weighted by atomic mass is 16.6. The third-order valence-corrected chi connectivity index (χ3v) is 9.52. The highest BCUT2D eigenvalue weighted by Gasteiger charge is 2.13. The number of aliphatic hydroxyl groups excluding tert-OH is 1. The largest absolute Gasteiger partial charge is 0.457 e. The molecule has 1 atom stereocenters. The SMILES string of the molecule is CC/C=C\C/C=C\C/C=C\C/C=C\C/C=C\CCCCCCCC(=O)OC(CO)COCCCCCCCCCCCC/C=C\CCCCCCCC. The van der Waals surface area contributed by atoms with E-state index in [4.69, 9.17) is 9.47 Å². The van der Waals surface area contributed by atoms with Crippen molar-refractivity contribution >= 4 is 5.97 Å². The Kier molecular flexibility index (Phi) is 44.1. The second-order valence-corrected chi connectivity index (χ2v) is 14.7. The maximum atomic E-state index is 12.2. The van der Waals surface area contributed by atoms with Crippen molar-refractivity contribution in [3.8, 4) is 0 Å². The summed E-state index contributed by atoms with van der Waals surface area (Å²) in [6.45, 7) is 5.21. The van der Waals surface area contributed by atoms with E-state index in [2.05, 4.69) is 86.8 Å². The number of esters is 1. The number of aliphatic hydroxyl groups is 1. The molecule has 0 amide bonds. The van der Waals surface area contributed by atoms with Crippen molar-refractivity contribution in [3.05, 3.63) is 72.9 Å². The molecule has 0 rings (SSSR count). The lowest BCUT2D eigenvalue weighted by molar-refractivity contribution is -0.154. The summed E-state index contributed by atoms with van der Waals surface area (Å²) in [6.07, 6.45) is 62.5. The minimum atomic E-state index is -0.549. The van der Waals surface area contributed by atoms with Crippen LogP contribution in [0.15, 0.2) is 72.9 Å². The van der Waals surface area contributed by atoms with E-state index in [1.165, 1.54) is 122 Å². The van der Waals surface area contributed by atoms with Gasteiger partial charge in [0.05, 0.1) is 13.2 Å². The van der Waals surface area contributed by atoms with Crippen LogP contribution >= 0.6 is 0 Å². The van der Waals surface area contributed by atoms with Crippen LogP contribution in [0.25, 0.3) is 0 Å². The van der Waals surface area contributed by atoms with Crippen LogP contribution in [0.1, 0.15) is 206 Å². The number of rotatable bonds is 41. The molecule has 0 fully saturated rings. The minimum absolute atomic E-state index is 0.183. The monoisotopic (exact) mass is 739 g/mol. The molecule has 0 aliphatic rings. The van der Waals surface area contributed by atoms with E-state index < -0.39 is 6.10 Å². The Labute approximate surface area is 329 Å². The van der Waals surface area contributed by atoms with Crippen molar-refractivity contribution in [2.45, 2.75) is 213 Å². The molecule has 0 radical (unpaired) electrons. The molecule has 0 spiro atoms. The average Bonchev–Trinajstić information content (AvgIpc) is 3.16. The molecule has 0 saturated heterocycles. The van der Waals surface area contributed by atoms with Crippen LogP contribution in [0.4, 0.5) is 0 Å². The van der Waals surface area contributed by atoms with Gasteiger partial charge in [-0.15, -0.1) is 0 Å². The summed E-state index contributed by atoms with van der Waals surface area (Å²) in [5, 5.41) is 9.62. The Bertz CT molecular complexity index is 911. The quantitative estimate of drug-likeness (QED) is 0.0385. The summed E-state index contributed by atoms with van der Waals surface area (Å²) < 4.78 is 11.2. The molecule has 0 heterocycles. The molecule has 0 aromatic rings. The molecule has 0 aromatic heterocycles. The smallest absolute Gasteiger partial charge is 0.306 e. The van der Waals surface area contributed by atoms with Gasteiger partial charge < -0.3 is 14.6 Å². The molecular weight excluding hydrogens is 653 g/mol. The molecule has 1 unspecified atom stereocenters. The van der Waals surface area contributed by atoms with Crippen LogP contribution in [0, 0.1) is 0 Å². The van der Waals surface area contributed by atoms with Gasteiger partial charge in [0.1, 0.15) is 6.10 Å². The second-order valence-electron chi connectivity index (χ2n) is 14.7. The first-order valence-electron chi connectivity index (χ1n) is 22.5. The van der Waals surface area contributed by atoms with Crippen LogP contribution in [-0.4, -0.2) is 37.0 Å². The summed E-state index contributed by atoms with van der Waals surface area (Å²) in [6, 6.07) is 0. The third kappa shape index (κ3) is 44.1. The van der Waals surface area contributed by atoms with Gasteiger partial charge in [-0.1, -0.05) is 189 Å². The number of hydrogen-bond acceptors (Lipinski definition) is 4. The number of unbranched alkanes of at least 4 members (excludes halogenated alkanes) is 21. The fourth-order valence-corrected chi connectivity index (χ4v) is 6.17. The van der Waals surface area contributed by atoms with Gasteiger partial charge in [-0.2, -0.15) is 0 Å². The van der Waals surface area contributed by atoms with Gasteiger partial charge in [-0.05, 0) is 83.5 Å². The lowest BCUT2D eigenvalue weighted by Gasteiger charge is -2.15. The third-order valence-electron chi connectivity index (χ3n) is 9.52. The zero-order valence-electron chi connectivity index (χ0n) is 35.0. The molecule has 0 saturated carbocycles. The van der Waals surface area contributed by atoms with Crippen molar-refractivity contribution < 1.29 is 19.4 Å². The van der Waals surface area contributed by atoms with Crippen LogP contribution in [0.5, 0.6) is 0 Å². The van der Waals surface area contributed by atoms with Gasteiger partial charge in [0.15, 0.2) is 0 Å². The summed E-state index contributed by atoms with van der Waals surface area (Å²) >= 11 is 0. The maximum Gasteiger partial charge on any atom is 0.306 e. The van der Waals surface area contributed by atoms with Crippen LogP contribution in [0.3, 0.4) is 0 Å². The number of carbonyl (C=O) groups is 1. The lowest BCUT2D eigenvalue weighted by Crippen LogP contribution is -2.27. The fraction of sp³-hybridized carbons (Fsp3) is 0.735. The molecule has 4 heteroatoms. The van der Waals surface area contributed by atoms with Crippen molar-refractivity contribution in [1.82, 2.24) is 0 Å². The molecular formula is C49H86O4. The average molecular weight is 739 g/mol. The minimum Gasteiger partial charge on any atom is -0.457 e. The number of allylic oxidation sites excluding steroid dienone is 12. The molecule has 1 N–H and O–H groups in total. The first kappa shape index (κ1) is 50.8. The van der Waals surface area contributed by atoms with Gasteiger partial charge in [0, 0.05) is 13.0 Å². The first-order chi connectivity index (χ1) is 26.2. The molecule has 306 valence electrons. The number of hydrogen-bond donors (Lipinski definition) is 1. The molecule has 4 nitrogen and oxygen atoms in total. The zero-order chi connectivity index (χ0) is 38.4. The van der Waals surface area contributed by atoms with E-state index in [1.807, 2.05) is 0 Å². The van der Waals surface area contributed by atoms with Gasteiger partial charge in [0.25, 0.3) is 0 Å². The normalized spacial score (nSPS) is 13.0. The van der Waals surface area contributed by atoms with Crippen LogP contribution < -0.4 is 0 Å². The Morgan fingerprint density at radius 3 is 1.30 bits per heavy atom. The molecule has 0 bridgehead atoms. The maximum absolute atomic E-state index is 12.2. The number of carbonyl (C=O) groups excluding carboxylic acids is 1. The molecule has 53 heavy (non-hydrogen) atoms. The lowest BCUT2D eigenvalue weighted by atomic mass is 10.1. The van der Waals surface area contributed by atoms with Gasteiger partial charge in [-0.3, -0.25) is 4.79 Å². The summed E-state index contributed by atoms with van der Waals surface area (Å²) in [7, 11) is 0. The van der Waals surface area contributed by atoms with E-state index >= 15 is 0 Å². The predicted octanol–water partition coefficient (Wildman–Crippen LogP) is 15.0. The van der Waals surface area contributed by atoms with Crippen molar-refractivity contribution in [3.63, 3.8) is 0 Å². The molecule has 0 aromatic carbocycles. The topological polar surface area (TPSA) is 55.8 Å². The first-order valence-corrected chi connectivity index (χ1v) is 22.5. The Morgan fingerprint density at radius 2 is 0.849 bits per heavy atom.